The highest BCUT2D eigenvalue weighted by molar-refractivity contribution is 5.16. The molecule has 0 amide bonds. The molecule has 15 heavy (non-hydrogen) atoms. The highest BCUT2D eigenvalue weighted by Gasteiger charge is 2.29. The molecule has 4 heteroatoms. The highest BCUT2D eigenvalue weighted by Crippen LogP contribution is 2.25. The number of nitrogens with zero attached hydrogens (tertiary/aromatic N) is 2. The lowest BCUT2D eigenvalue weighted by atomic mass is 9.94. The van der Waals surface area contributed by atoms with Crippen LogP contribution in [0.3, 0.4) is 0 Å². The minimum atomic E-state index is -0.0912. The third kappa shape index (κ3) is 2.45. The van der Waals surface area contributed by atoms with Crippen LogP contribution in [0.5, 0.6) is 5.88 Å². The molecule has 1 aromatic rings. The summed E-state index contributed by atoms with van der Waals surface area (Å²) in [7, 11) is 0. The Bertz CT molecular complexity index is 334. The van der Waals surface area contributed by atoms with Crippen LogP contribution in [0.15, 0.2) is 12.4 Å². The number of rotatable bonds is 2. The fraction of sp³-hybridized carbons (Fsp3) is 0.636. The molecule has 0 atom stereocenters. The summed E-state index contributed by atoms with van der Waals surface area (Å²) < 4.78 is 5.96. The van der Waals surface area contributed by atoms with Gasteiger partial charge in [-0.3, -0.25) is 4.98 Å². The first-order valence-electron chi connectivity index (χ1n) is 5.37. The number of ether oxygens (including phenoxy) is 1. The van der Waals surface area contributed by atoms with Gasteiger partial charge in [0.15, 0.2) is 0 Å². The van der Waals surface area contributed by atoms with E-state index in [9.17, 15) is 0 Å². The number of aromatic nitrogens is 2. The van der Waals surface area contributed by atoms with Crippen molar-refractivity contribution in [3.8, 4) is 5.88 Å². The van der Waals surface area contributed by atoms with E-state index in [1.54, 1.807) is 12.4 Å². The Morgan fingerprint density at radius 3 is 2.60 bits per heavy atom. The molecule has 0 spiro atoms. The molecule has 0 aliphatic carbocycles. The molecule has 0 unspecified atom stereocenters. The Morgan fingerprint density at radius 2 is 1.93 bits per heavy atom. The molecule has 82 valence electrons. The lowest BCUT2D eigenvalue weighted by molar-refractivity contribution is 0.0495. The van der Waals surface area contributed by atoms with Gasteiger partial charge in [-0.25, -0.2) is 4.98 Å². The van der Waals surface area contributed by atoms with Gasteiger partial charge in [0.25, 0.3) is 0 Å². The van der Waals surface area contributed by atoms with Crippen LogP contribution in [0.4, 0.5) is 0 Å². The van der Waals surface area contributed by atoms with Crippen molar-refractivity contribution in [1.82, 2.24) is 15.3 Å². The summed E-state index contributed by atoms with van der Waals surface area (Å²) in [6.07, 6.45) is 5.39. The first kappa shape index (κ1) is 10.4. The van der Waals surface area contributed by atoms with Crippen LogP contribution in [0, 0.1) is 6.92 Å². The quantitative estimate of drug-likeness (QED) is 0.794. The van der Waals surface area contributed by atoms with Crippen molar-refractivity contribution in [1.29, 1.82) is 0 Å². The monoisotopic (exact) mass is 207 g/mol. The number of aryl methyl sites for hydroxylation is 1. The second-order valence-corrected chi connectivity index (χ2v) is 4.25. The van der Waals surface area contributed by atoms with Gasteiger partial charge >= 0.3 is 0 Å². The topological polar surface area (TPSA) is 47.0 Å². The first-order chi connectivity index (χ1) is 7.20. The molecule has 0 aromatic carbocycles. The highest BCUT2D eigenvalue weighted by atomic mass is 16.5. The lowest BCUT2D eigenvalue weighted by Gasteiger charge is -2.34. The lowest BCUT2D eigenvalue weighted by Crippen LogP contribution is -2.44. The number of piperidine rings is 1. The molecule has 1 fully saturated rings. The van der Waals surface area contributed by atoms with Crippen molar-refractivity contribution in [2.24, 2.45) is 0 Å². The first-order valence-corrected chi connectivity index (χ1v) is 5.37. The summed E-state index contributed by atoms with van der Waals surface area (Å²) in [5.41, 5.74) is 0.767. The second kappa shape index (κ2) is 4.14. The average molecular weight is 207 g/mol. The molecule has 2 heterocycles. The number of hydrogen-bond donors (Lipinski definition) is 1. The van der Waals surface area contributed by atoms with E-state index in [1.165, 1.54) is 0 Å². The molecule has 1 aromatic heterocycles. The number of hydrogen-bond acceptors (Lipinski definition) is 4. The van der Waals surface area contributed by atoms with Crippen LogP contribution in [-0.4, -0.2) is 28.7 Å². The molecule has 0 saturated carbocycles. The fourth-order valence-electron chi connectivity index (χ4n) is 1.79. The van der Waals surface area contributed by atoms with E-state index in [-0.39, 0.29) is 5.60 Å². The van der Waals surface area contributed by atoms with E-state index < -0.39 is 0 Å². The van der Waals surface area contributed by atoms with Gasteiger partial charge in [0.1, 0.15) is 5.60 Å². The fourth-order valence-corrected chi connectivity index (χ4v) is 1.79. The standard InChI is InChI=1S/C11H17N3O/c1-9-10(14-8-7-13-9)15-11(2)3-5-12-6-4-11/h7-8,12H,3-6H2,1-2H3. The van der Waals surface area contributed by atoms with Crippen molar-refractivity contribution in [3.63, 3.8) is 0 Å². The Kier molecular flexibility index (Phi) is 2.86. The maximum absolute atomic E-state index is 5.96. The van der Waals surface area contributed by atoms with Gasteiger partial charge in [0.2, 0.25) is 5.88 Å². The van der Waals surface area contributed by atoms with E-state index in [0.29, 0.717) is 5.88 Å². The van der Waals surface area contributed by atoms with Crippen molar-refractivity contribution in [2.45, 2.75) is 32.3 Å². The zero-order chi connectivity index (χ0) is 10.7. The van der Waals surface area contributed by atoms with Gasteiger partial charge < -0.3 is 10.1 Å². The van der Waals surface area contributed by atoms with Crippen LogP contribution in [0.25, 0.3) is 0 Å². The van der Waals surface area contributed by atoms with E-state index >= 15 is 0 Å². The van der Waals surface area contributed by atoms with Gasteiger partial charge in [0, 0.05) is 12.4 Å². The summed E-state index contributed by atoms with van der Waals surface area (Å²) in [6, 6.07) is 0. The predicted octanol–water partition coefficient (Wildman–Crippen LogP) is 1.31. The van der Waals surface area contributed by atoms with Gasteiger partial charge in [0.05, 0.1) is 5.69 Å². The second-order valence-electron chi connectivity index (χ2n) is 4.25. The molecule has 1 aliphatic rings. The van der Waals surface area contributed by atoms with Crippen LogP contribution in [0.1, 0.15) is 25.5 Å². The van der Waals surface area contributed by atoms with Crippen molar-refractivity contribution in [3.05, 3.63) is 18.1 Å². The average Bonchev–Trinajstić information content (AvgIpc) is 2.22. The van der Waals surface area contributed by atoms with Crippen molar-refractivity contribution < 1.29 is 4.74 Å². The van der Waals surface area contributed by atoms with Crippen LogP contribution < -0.4 is 10.1 Å². The Hall–Kier alpha value is -1.16. The third-order valence-corrected chi connectivity index (χ3v) is 2.84. The summed E-state index contributed by atoms with van der Waals surface area (Å²) in [5.74, 6) is 0.668. The molecule has 2 rings (SSSR count). The summed E-state index contributed by atoms with van der Waals surface area (Å²) in [6.45, 7) is 6.08. The smallest absolute Gasteiger partial charge is 0.235 e. The van der Waals surface area contributed by atoms with E-state index in [2.05, 4.69) is 22.2 Å². The van der Waals surface area contributed by atoms with Crippen LogP contribution in [0.2, 0.25) is 0 Å². The molecule has 4 nitrogen and oxygen atoms in total. The minimum Gasteiger partial charge on any atom is -0.470 e. The Morgan fingerprint density at radius 1 is 1.27 bits per heavy atom. The zero-order valence-electron chi connectivity index (χ0n) is 9.29. The van der Waals surface area contributed by atoms with Crippen molar-refractivity contribution >= 4 is 0 Å². The molecular formula is C11H17N3O. The van der Waals surface area contributed by atoms with E-state index in [1.807, 2.05) is 6.92 Å². The van der Waals surface area contributed by atoms with Gasteiger partial charge in [-0.1, -0.05) is 0 Å². The van der Waals surface area contributed by atoms with Crippen LogP contribution in [-0.2, 0) is 0 Å². The molecule has 1 N–H and O–H groups in total. The van der Waals surface area contributed by atoms with E-state index in [0.717, 1.165) is 31.6 Å². The maximum Gasteiger partial charge on any atom is 0.235 e. The maximum atomic E-state index is 5.96. The van der Waals surface area contributed by atoms with Crippen molar-refractivity contribution in [2.75, 3.05) is 13.1 Å². The molecule has 0 bridgehead atoms. The summed E-state index contributed by atoms with van der Waals surface area (Å²) in [5, 5.41) is 3.32. The molecular weight excluding hydrogens is 190 g/mol. The number of nitrogens with one attached hydrogen (secondary N) is 1. The largest absolute Gasteiger partial charge is 0.470 e. The molecule has 1 aliphatic heterocycles. The Labute approximate surface area is 90.1 Å². The minimum absolute atomic E-state index is 0.0912. The third-order valence-electron chi connectivity index (χ3n) is 2.84. The predicted molar refractivity (Wildman–Crippen MR) is 57.9 cm³/mol. The Balaban J connectivity index is 2.10. The SMILES string of the molecule is Cc1nccnc1OC1(C)CCNCC1. The molecule has 0 radical (unpaired) electrons. The summed E-state index contributed by atoms with van der Waals surface area (Å²) in [4.78, 5) is 8.39. The molecule has 1 saturated heterocycles. The van der Waals surface area contributed by atoms with Gasteiger partial charge in [-0.05, 0) is 39.8 Å². The normalized spacial score (nSPS) is 19.9. The van der Waals surface area contributed by atoms with Crippen LogP contribution >= 0.6 is 0 Å². The zero-order valence-corrected chi connectivity index (χ0v) is 9.29. The van der Waals surface area contributed by atoms with Gasteiger partial charge in [-0.2, -0.15) is 0 Å². The summed E-state index contributed by atoms with van der Waals surface area (Å²) >= 11 is 0. The van der Waals surface area contributed by atoms with Gasteiger partial charge in [-0.15, -0.1) is 0 Å². The van der Waals surface area contributed by atoms with E-state index in [4.69, 9.17) is 4.74 Å².